The second-order valence-electron chi connectivity index (χ2n) is 6.84. The molecule has 0 radical (unpaired) electrons. The third kappa shape index (κ3) is 4.04. The van der Waals surface area contributed by atoms with Crippen molar-refractivity contribution >= 4 is 17.6 Å². The fraction of sp³-hybridized carbons (Fsp3) is 0.611. The summed E-state index contributed by atoms with van der Waals surface area (Å²) >= 11 is 0. The Morgan fingerprint density at radius 1 is 1.38 bits per heavy atom. The molecule has 132 valence electrons. The molecule has 0 bridgehead atoms. The number of amides is 2. The summed E-state index contributed by atoms with van der Waals surface area (Å²) in [4.78, 5) is 31.9. The van der Waals surface area contributed by atoms with Crippen LogP contribution in [-0.4, -0.2) is 54.4 Å². The van der Waals surface area contributed by atoms with E-state index in [0.717, 1.165) is 18.9 Å². The summed E-state index contributed by atoms with van der Waals surface area (Å²) in [6.45, 7) is 10.1. The molecule has 1 aromatic rings. The lowest BCUT2D eigenvalue weighted by Gasteiger charge is -2.21. The van der Waals surface area contributed by atoms with E-state index in [1.165, 1.54) is 0 Å². The van der Waals surface area contributed by atoms with E-state index < -0.39 is 0 Å². The number of hydrogen-bond acceptors (Lipinski definition) is 4. The van der Waals surface area contributed by atoms with E-state index >= 15 is 0 Å². The highest BCUT2D eigenvalue weighted by Crippen LogP contribution is 2.28. The van der Waals surface area contributed by atoms with Gasteiger partial charge in [-0.15, -0.1) is 0 Å². The van der Waals surface area contributed by atoms with E-state index in [-0.39, 0.29) is 17.9 Å². The van der Waals surface area contributed by atoms with Gasteiger partial charge in [-0.3, -0.25) is 9.59 Å². The van der Waals surface area contributed by atoms with E-state index in [4.69, 9.17) is 0 Å². The summed E-state index contributed by atoms with van der Waals surface area (Å²) in [5.41, 5.74) is 0.598. The quantitative estimate of drug-likeness (QED) is 0.892. The van der Waals surface area contributed by atoms with E-state index in [2.05, 4.69) is 29.0 Å². The number of carbonyl (C=O) groups excluding carboxylic acids is 2. The van der Waals surface area contributed by atoms with Crippen molar-refractivity contribution in [1.29, 1.82) is 0 Å². The monoisotopic (exact) mass is 332 g/mol. The molecule has 0 spiro atoms. The van der Waals surface area contributed by atoms with Gasteiger partial charge in [-0.1, -0.05) is 13.8 Å². The maximum absolute atomic E-state index is 12.1. The lowest BCUT2D eigenvalue weighted by molar-refractivity contribution is -0.119. The van der Waals surface area contributed by atoms with Gasteiger partial charge < -0.3 is 15.1 Å². The maximum Gasteiger partial charge on any atom is 0.255 e. The lowest BCUT2D eigenvalue weighted by Crippen LogP contribution is -2.40. The van der Waals surface area contributed by atoms with Crippen molar-refractivity contribution in [1.82, 2.24) is 15.2 Å². The molecule has 24 heavy (non-hydrogen) atoms. The molecule has 1 N–H and O–H groups in total. The van der Waals surface area contributed by atoms with Crippen molar-refractivity contribution in [2.75, 3.05) is 31.6 Å². The Hall–Kier alpha value is -2.11. The van der Waals surface area contributed by atoms with Crippen molar-refractivity contribution in [3.05, 3.63) is 23.9 Å². The molecule has 2 heterocycles. The standard InChI is InChI=1S/C18H28N4O2/c1-6-21(5)18(24)14-7-8-17(19-9-14)22-10-15(12(2)3)16(11-22)20-13(4)23/h7-9,12,15-16H,6,10-11H2,1-5H3,(H,20,23)/t15-,16+/m1/s1. The van der Waals surface area contributed by atoms with Gasteiger partial charge >= 0.3 is 0 Å². The first-order chi connectivity index (χ1) is 11.3. The second-order valence-corrected chi connectivity index (χ2v) is 6.84. The highest BCUT2D eigenvalue weighted by molar-refractivity contribution is 5.93. The molecule has 1 aliphatic heterocycles. The number of nitrogens with zero attached hydrogens (tertiary/aromatic N) is 3. The number of hydrogen-bond donors (Lipinski definition) is 1. The van der Waals surface area contributed by atoms with Gasteiger partial charge in [0.15, 0.2) is 0 Å². The third-order valence-corrected chi connectivity index (χ3v) is 4.75. The Balaban J connectivity index is 2.11. The van der Waals surface area contributed by atoms with Crippen LogP contribution in [0.1, 0.15) is 38.1 Å². The average Bonchev–Trinajstić information content (AvgIpc) is 2.96. The van der Waals surface area contributed by atoms with Gasteiger partial charge in [0.1, 0.15) is 5.82 Å². The highest BCUT2D eigenvalue weighted by Gasteiger charge is 2.35. The van der Waals surface area contributed by atoms with Gasteiger partial charge in [0.2, 0.25) is 5.91 Å². The molecule has 0 aromatic carbocycles. The third-order valence-electron chi connectivity index (χ3n) is 4.75. The Bertz CT molecular complexity index is 585. The summed E-state index contributed by atoms with van der Waals surface area (Å²) in [5, 5.41) is 3.06. The SMILES string of the molecule is CCN(C)C(=O)c1ccc(N2C[C@H](NC(C)=O)[C@@H](C(C)C)C2)nc1. The second kappa shape index (κ2) is 7.64. The predicted molar refractivity (Wildman–Crippen MR) is 95.0 cm³/mol. The molecular weight excluding hydrogens is 304 g/mol. The van der Waals surface area contributed by atoms with Crippen molar-refractivity contribution in [3.8, 4) is 0 Å². The summed E-state index contributed by atoms with van der Waals surface area (Å²) in [7, 11) is 1.78. The van der Waals surface area contributed by atoms with Crippen molar-refractivity contribution in [2.45, 2.75) is 33.7 Å². The molecular formula is C18H28N4O2. The van der Waals surface area contributed by atoms with Gasteiger partial charge in [0.05, 0.1) is 11.6 Å². The molecule has 6 heteroatoms. The number of nitrogens with one attached hydrogen (secondary N) is 1. The minimum absolute atomic E-state index is 0.00371. The highest BCUT2D eigenvalue weighted by atomic mass is 16.2. The molecule has 1 aromatic heterocycles. The van der Waals surface area contributed by atoms with Gasteiger partial charge in [0.25, 0.3) is 5.91 Å². The van der Waals surface area contributed by atoms with Crippen LogP contribution in [0.25, 0.3) is 0 Å². The molecule has 2 atom stereocenters. The summed E-state index contributed by atoms with van der Waals surface area (Å²) in [6.07, 6.45) is 1.64. The maximum atomic E-state index is 12.1. The molecule has 2 amide bonds. The number of pyridine rings is 1. The van der Waals surface area contributed by atoms with Gasteiger partial charge in [-0.05, 0) is 25.0 Å². The van der Waals surface area contributed by atoms with Gasteiger partial charge in [0, 0.05) is 45.7 Å². The van der Waals surface area contributed by atoms with Crippen LogP contribution in [0.3, 0.4) is 0 Å². The zero-order valence-corrected chi connectivity index (χ0v) is 15.2. The summed E-state index contributed by atoms with van der Waals surface area (Å²) in [5.74, 6) is 1.71. The minimum Gasteiger partial charge on any atom is -0.354 e. The molecule has 1 saturated heterocycles. The van der Waals surface area contributed by atoms with Crippen LogP contribution in [0, 0.1) is 11.8 Å². The molecule has 0 saturated carbocycles. The number of anilines is 1. The van der Waals surface area contributed by atoms with Gasteiger partial charge in [-0.2, -0.15) is 0 Å². The van der Waals surface area contributed by atoms with Crippen LogP contribution in [0.4, 0.5) is 5.82 Å². The lowest BCUT2D eigenvalue weighted by atomic mass is 9.91. The average molecular weight is 332 g/mol. The van der Waals surface area contributed by atoms with E-state index in [9.17, 15) is 9.59 Å². The van der Waals surface area contributed by atoms with E-state index in [1.807, 2.05) is 19.1 Å². The number of rotatable bonds is 5. The van der Waals surface area contributed by atoms with Crippen LogP contribution >= 0.6 is 0 Å². The van der Waals surface area contributed by atoms with Crippen LogP contribution in [0.2, 0.25) is 0 Å². The van der Waals surface area contributed by atoms with E-state index in [1.54, 1.807) is 25.1 Å². The van der Waals surface area contributed by atoms with Crippen LogP contribution < -0.4 is 10.2 Å². The number of aromatic nitrogens is 1. The topological polar surface area (TPSA) is 65.5 Å². The first-order valence-corrected chi connectivity index (χ1v) is 8.57. The Morgan fingerprint density at radius 3 is 2.58 bits per heavy atom. The predicted octanol–water partition coefficient (Wildman–Crippen LogP) is 1.77. The molecule has 1 aliphatic rings. The zero-order chi connectivity index (χ0) is 17.9. The smallest absolute Gasteiger partial charge is 0.255 e. The Morgan fingerprint density at radius 2 is 2.08 bits per heavy atom. The molecule has 6 nitrogen and oxygen atoms in total. The van der Waals surface area contributed by atoms with Crippen molar-refractivity contribution < 1.29 is 9.59 Å². The van der Waals surface area contributed by atoms with Crippen LogP contribution in [-0.2, 0) is 4.79 Å². The molecule has 2 rings (SSSR count). The van der Waals surface area contributed by atoms with Crippen molar-refractivity contribution in [3.63, 3.8) is 0 Å². The summed E-state index contributed by atoms with van der Waals surface area (Å²) < 4.78 is 0. The first-order valence-electron chi connectivity index (χ1n) is 8.57. The van der Waals surface area contributed by atoms with Crippen LogP contribution in [0.15, 0.2) is 18.3 Å². The van der Waals surface area contributed by atoms with Crippen molar-refractivity contribution in [2.24, 2.45) is 11.8 Å². The Kier molecular flexibility index (Phi) is 5.80. The Labute approximate surface area is 144 Å². The number of carbonyl (C=O) groups is 2. The largest absolute Gasteiger partial charge is 0.354 e. The normalized spacial score (nSPS) is 20.3. The van der Waals surface area contributed by atoms with Gasteiger partial charge in [-0.25, -0.2) is 4.98 Å². The first kappa shape index (κ1) is 18.2. The summed E-state index contributed by atoms with van der Waals surface area (Å²) in [6, 6.07) is 3.86. The molecule has 0 aliphatic carbocycles. The minimum atomic E-state index is -0.0193. The fourth-order valence-corrected chi connectivity index (χ4v) is 3.17. The molecule has 1 fully saturated rings. The fourth-order valence-electron chi connectivity index (χ4n) is 3.17. The van der Waals surface area contributed by atoms with E-state index in [0.29, 0.717) is 23.9 Å². The molecule has 0 unspecified atom stereocenters. The zero-order valence-electron chi connectivity index (χ0n) is 15.2. The van der Waals surface area contributed by atoms with Crippen LogP contribution in [0.5, 0.6) is 0 Å².